The van der Waals surface area contributed by atoms with E-state index in [4.69, 9.17) is 0 Å². The Kier molecular flexibility index (Phi) is 5.38. The summed E-state index contributed by atoms with van der Waals surface area (Å²) in [6, 6.07) is 3.47. The summed E-state index contributed by atoms with van der Waals surface area (Å²) in [7, 11) is 0. The second kappa shape index (κ2) is 7.73. The summed E-state index contributed by atoms with van der Waals surface area (Å²) in [5.41, 5.74) is -0.137. The highest BCUT2D eigenvalue weighted by atomic mass is 19.2. The largest absolute Gasteiger partial charge is 0.380 e. The molecule has 1 aromatic heterocycles. The van der Waals surface area contributed by atoms with Crippen molar-refractivity contribution in [3.63, 3.8) is 0 Å². The van der Waals surface area contributed by atoms with E-state index in [1.54, 1.807) is 11.8 Å². The van der Waals surface area contributed by atoms with Gasteiger partial charge >= 0.3 is 5.69 Å². The van der Waals surface area contributed by atoms with Crippen molar-refractivity contribution < 1.29 is 13.6 Å². The topological polar surface area (TPSA) is 98.1 Å². The van der Waals surface area contributed by atoms with Gasteiger partial charge in [0.25, 0.3) is 5.56 Å². The molecule has 1 atom stereocenters. The van der Waals surface area contributed by atoms with E-state index in [-0.39, 0.29) is 23.9 Å². The minimum atomic E-state index is -0.934. The van der Waals surface area contributed by atoms with E-state index in [1.165, 1.54) is 6.07 Å². The molecule has 0 radical (unpaired) electrons. The number of nitrogens with one attached hydrogen (secondary N) is 3. The molecule has 2 heterocycles. The van der Waals surface area contributed by atoms with Crippen LogP contribution in [0.4, 0.5) is 14.5 Å². The quantitative estimate of drug-likeness (QED) is 0.747. The Bertz CT molecular complexity index is 970. The molecule has 1 aromatic carbocycles. The first-order chi connectivity index (χ1) is 12.8. The average molecular weight is 378 g/mol. The second-order valence-corrected chi connectivity index (χ2v) is 6.64. The number of aromatic nitrogens is 2. The molecule has 7 nitrogen and oxygen atoms in total. The summed E-state index contributed by atoms with van der Waals surface area (Å²) in [6.07, 6.45) is 1.41. The van der Waals surface area contributed by atoms with Gasteiger partial charge in [-0.3, -0.25) is 14.6 Å². The number of hydrogen-bond acceptors (Lipinski definition) is 4. The Morgan fingerprint density at radius 1 is 1.26 bits per heavy atom. The first-order valence-corrected chi connectivity index (χ1v) is 8.65. The molecule has 2 aromatic rings. The van der Waals surface area contributed by atoms with Crippen molar-refractivity contribution in [1.29, 1.82) is 0 Å². The third-order valence-electron chi connectivity index (χ3n) is 4.65. The SMILES string of the molecule is Cc1[nH]c(=O)[nH]c(=O)c1CC(=O)N1CCC[C@@H](Nc2ccc(F)c(F)c2)C1. The number of amides is 1. The lowest BCUT2D eigenvalue weighted by Crippen LogP contribution is -2.46. The van der Waals surface area contributed by atoms with Crippen LogP contribution in [0.2, 0.25) is 0 Å². The van der Waals surface area contributed by atoms with E-state index >= 15 is 0 Å². The number of hydrogen-bond donors (Lipinski definition) is 3. The number of benzene rings is 1. The van der Waals surface area contributed by atoms with Gasteiger partial charge in [0.2, 0.25) is 5.91 Å². The molecule has 0 spiro atoms. The van der Waals surface area contributed by atoms with Gasteiger partial charge in [0, 0.05) is 42.1 Å². The van der Waals surface area contributed by atoms with Gasteiger partial charge in [0.15, 0.2) is 11.6 Å². The first kappa shape index (κ1) is 18.8. The summed E-state index contributed by atoms with van der Waals surface area (Å²) >= 11 is 0. The number of aryl methyl sites for hydroxylation is 1. The maximum Gasteiger partial charge on any atom is 0.325 e. The van der Waals surface area contributed by atoms with Crippen LogP contribution in [0.25, 0.3) is 0 Å². The highest BCUT2D eigenvalue weighted by Crippen LogP contribution is 2.19. The van der Waals surface area contributed by atoms with Gasteiger partial charge in [-0.1, -0.05) is 0 Å². The summed E-state index contributed by atoms with van der Waals surface area (Å²) in [6.45, 7) is 2.51. The van der Waals surface area contributed by atoms with Crippen LogP contribution in [0, 0.1) is 18.6 Å². The van der Waals surface area contributed by atoms with Crippen LogP contribution in [0.3, 0.4) is 0 Å². The summed E-state index contributed by atoms with van der Waals surface area (Å²) in [4.78, 5) is 42.0. The lowest BCUT2D eigenvalue weighted by atomic mass is 10.0. The summed E-state index contributed by atoms with van der Waals surface area (Å²) in [5.74, 6) is -2.08. The van der Waals surface area contributed by atoms with Crippen molar-refractivity contribution in [1.82, 2.24) is 14.9 Å². The molecule has 0 bridgehead atoms. The van der Waals surface area contributed by atoms with Crippen molar-refractivity contribution in [3.05, 3.63) is 61.9 Å². The third kappa shape index (κ3) is 4.42. The molecule has 1 saturated heterocycles. The minimum Gasteiger partial charge on any atom is -0.380 e. The smallest absolute Gasteiger partial charge is 0.325 e. The van der Waals surface area contributed by atoms with Crippen LogP contribution in [0.1, 0.15) is 24.1 Å². The minimum absolute atomic E-state index is 0.109. The van der Waals surface area contributed by atoms with E-state index in [0.29, 0.717) is 24.5 Å². The number of rotatable bonds is 4. The van der Waals surface area contributed by atoms with E-state index in [9.17, 15) is 23.2 Å². The number of halogens is 2. The zero-order chi connectivity index (χ0) is 19.6. The fourth-order valence-corrected chi connectivity index (χ4v) is 3.24. The number of nitrogens with zero attached hydrogens (tertiary/aromatic N) is 1. The molecule has 3 rings (SSSR count). The van der Waals surface area contributed by atoms with E-state index in [2.05, 4.69) is 15.3 Å². The molecule has 1 aliphatic heterocycles. The van der Waals surface area contributed by atoms with E-state index in [1.807, 2.05) is 0 Å². The predicted molar refractivity (Wildman–Crippen MR) is 95.7 cm³/mol. The van der Waals surface area contributed by atoms with Crippen LogP contribution in [-0.4, -0.2) is 39.9 Å². The Morgan fingerprint density at radius 2 is 2.04 bits per heavy atom. The number of carbonyl (C=O) groups excluding carboxylic acids is 1. The van der Waals surface area contributed by atoms with Crippen LogP contribution in [0.5, 0.6) is 0 Å². The molecule has 1 fully saturated rings. The van der Waals surface area contributed by atoms with Gasteiger partial charge in [0.05, 0.1) is 6.42 Å². The van der Waals surface area contributed by atoms with Crippen molar-refractivity contribution >= 4 is 11.6 Å². The lowest BCUT2D eigenvalue weighted by molar-refractivity contribution is -0.131. The Labute approximate surface area is 153 Å². The molecular weight excluding hydrogens is 358 g/mol. The summed E-state index contributed by atoms with van der Waals surface area (Å²) in [5, 5.41) is 3.11. The predicted octanol–water partition coefficient (Wildman–Crippen LogP) is 1.30. The van der Waals surface area contributed by atoms with Crippen molar-refractivity contribution in [2.24, 2.45) is 0 Å². The summed E-state index contributed by atoms with van der Waals surface area (Å²) < 4.78 is 26.4. The molecule has 3 N–H and O–H groups in total. The molecule has 0 unspecified atom stereocenters. The number of likely N-dealkylation sites (tertiary alicyclic amines) is 1. The molecule has 144 valence electrons. The van der Waals surface area contributed by atoms with E-state index < -0.39 is 22.9 Å². The maximum absolute atomic E-state index is 13.3. The Balaban J connectivity index is 1.67. The zero-order valence-electron chi connectivity index (χ0n) is 14.8. The molecule has 9 heteroatoms. The van der Waals surface area contributed by atoms with Crippen molar-refractivity contribution in [3.8, 4) is 0 Å². The van der Waals surface area contributed by atoms with Gasteiger partial charge in [-0.15, -0.1) is 0 Å². The lowest BCUT2D eigenvalue weighted by Gasteiger charge is -2.34. The molecule has 27 heavy (non-hydrogen) atoms. The van der Waals surface area contributed by atoms with Crippen LogP contribution < -0.4 is 16.6 Å². The second-order valence-electron chi connectivity index (χ2n) is 6.64. The Morgan fingerprint density at radius 3 is 2.74 bits per heavy atom. The highest BCUT2D eigenvalue weighted by molar-refractivity contribution is 5.79. The number of aromatic amines is 2. The highest BCUT2D eigenvalue weighted by Gasteiger charge is 2.25. The average Bonchev–Trinajstić information content (AvgIpc) is 2.61. The molecule has 0 aliphatic carbocycles. The van der Waals surface area contributed by atoms with Crippen LogP contribution in [0.15, 0.2) is 27.8 Å². The first-order valence-electron chi connectivity index (χ1n) is 8.65. The Hall–Kier alpha value is -2.97. The molecule has 0 saturated carbocycles. The van der Waals surface area contributed by atoms with Crippen LogP contribution in [-0.2, 0) is 11.2 Å². The normalized spacial score (nSPS) is 17.0. The fraction of sp³-hybridized carbons (Fsp3) is 0.389. The van der Waals surface area contributed by atoms with Crippen molar-refractivity contribution in [2.75, 3.05) is 18.4 Å². The number of H-pyrrole nitrogens is 2. The monoisotopic (exact) mass is 378 g/mol. The van der Waals surface area contributed by atoms with Gasteiger partial charge in [-0.2, -0.15) is 0 Å². The van der Waals surface area contributed by atoms with Gasteiger partial charge in [0.1, 0.15) is 0 Å². The van der Waals surface area contributed by atoms with E-state index in [0.717, 1.165) is 25.0 Å². The molecule has 1 amide bonds. The van der Waals surface area contributed by atoms with Gasteiger partial charge in [-0.05, 0) is 31.9 Å². The number of carbonyl (C=O) groups is 1. The zero-order valence-corrected chi connectivity index (χ0v) is 14.8. The van der Waals surface area contributed by atoms with Crippen molar-refractivity contribution in [2.45, 2.75) is 32.2 Å². The van der Waals surface area contributed by atoms with Crippen LogP contribution >= 0.6 is 0 Å². The van der Waals surface area contributed by atoms with Gasteiger partial charge in [-0.25, -0.2) is 13.6 Å². The maximum atomic E-state index is 13.3. The fourth-order valence-electron chi connectivity index (χ4n) is 3.24. The molecule has 1 aliphatic rings. The third-order valence-corrected chi connectivity index (χ3v) is 4.65. The standard InChI is InChI=1S/C18H20F2N4O3/c1-10-13(17(26)23-18(27)21-10)8-16(25)24-6-2-3-12(9-24)22-11-4-5-14(19)15(20)7-11/h4-5,7,12,22H,2-3,6,8-9H2,1H3,(H2,21,23,26,27)/t12-/m1/s1. The van der Waals surface area contributed by atoms with Gasteiger partial charge < -0.3 is 15.2 Å². The number of piperidine rings is 1. The number of anilines is 1. The molecular formula is C18H20F2N4O3.